The van der Waals surface area contributed by atoms with Crippen molar-refractivity contribution in [1.29, 1.82) is 0 Å². The average molecular weight is 195 g/mol. The molecule has 0 spiro atoms. The highest BCUT2D eigenvalue weighted by Crippen LogP contribution is 2.46. The Morgan fingerprint density at radius 3 is 2.85 bits per heavy atom. The molecule has 0 amide bonds. The fourth-order valence-electron chi connectivity index (χ4n) is 2.40. The van der Waals surface area contributed by atoms with E-state index in [4.69, 9.17) is 5.73 Å². The molecular weight excluding hydrogens is 178 g/mol. The molecule has 1 aliphatic carbocycles. The van der Waals surface area contributed by atoms with Crippen LogP contribution in [0.3, 0.4) is 0 Å². The van der Waals surface area contributed by atoms with E-state index >= 15 is 0 Å². The molecule has 1 nitrogen and oxygen atoms in total. The standard InChI is InChI=1S/C11H17NS/c1-3-8-9(6-10(8)12)11-7(2)4-5-13-11/h4-5,8-10H,3,6,12H2,1-2H3. The summed E-state index contributed by atoms with van der Waals surface area (Å²) in [5.74, 6) is 1.50. The van der Waals surface area contributed by atoms with Crippen LogP contribution in [0.25, 0.3) is 0 Å². The molecular formula is C11H17NS. The summed E-state index contributed by atoms with van der Waals surface area (Å²) in [5.41, 5.74) is 7.44. The minimum absolute atomic E-state index is 0.455. The zero-order valence-electron chi connectivity index (χ0n) is 8.29. The van der Waals surface area contributed by atoms with Crippen molar-refractivity contribution in [2.24, 2.45) is 11.7 Å². The fraction of sp³-hybridized carbons (Fsp3) is 0.636. The van der Waals surface area contributed by atoms with Gasteiger partial charge in [-0.3, -0.25) is 0 Å². The monoisotopic (exact) mass is 195 g/mol. The van der Waals surface area contributed by atoms with Gasteiger partial charge in [-0.25, -0.2) is 0 Å². The predicted molar refractivity (Wildman–Crippen MR) is 58.2 cm³/mol. The number of aryl methyl sites for hydroxylation is 1. The zero-order valence-corrected chi connectivity index (χ0v) is 9.10. The minimum atomic E-state index is 0.455. The predicted octanol–water partition coefficient (Wildman–Crippen LogP) is 2.90. The van der Waals surface area contributed by atoms with Gasteiger partial charge in [0.2, 0.25) is 0 Å². The Hall–Kier alpha value is -0.340. The van der Waals surface area contributed by atoms with Crippen LogP contribution in [0.2, 0.25) is 0 Å². The smallest absolute Gasteiger partial charge is 0.0109 e. The molecule has 3 atom stereocenters. The van der Waals surface area contributed by atoms with Gasteiger partial charge in [0.25, 0.3) is 0 Å². The molecule has 0 aliphatic heterocycles. The summed E-state index contributed by atoms with van der Waals surface area (Å²) in [6, 6.07) is 2.67. The first kappa shape index (κ1) is 9.22. The van der Waals surface area contributed by atoms with Gasteiger partial charge in [0.1, 0.15) is 0 Å². The van der Waals surface area contributed by atoms with Crippen LogP contribution in [0.4, 0.5) is 0 Å². The van der Waals surface area contributed by atoms with Crippen molar-refractivity contribution in [1.82, 2.24) is 0 Å². The summed E-state index contributed by atoms with van der Waals surface area (Å²) in [6.07, 6.45) is 2.42. The number of thiophene rings is 1. The molecule has 1 aliphatic rings. The molecule has 1 aromatic heterocycles. The van der Waals surface area contributed by atoms with Crippen LogP contribution in [0.5, 0.6) is 0 Å². The van der Waals surface area contributed by atoms with Gasteiger partial charge in [-0.05, 0) is 42.2 Å². The van der Waals surface area contributed by atoms with Gasteiger partial charge < -0.3 is 5.73 Å². The first-order valence-electron chi connectivity index (χ1n) is 5.03. The summed E-state index contributed by atoms with van der Waals surface area (Å²) in [6.45, 7) is 4.46. The van der Waals surface area contributed by atoms with E-state index in [1.54, 1.807) is 4.88 Å². The molecule has 2 rings (SSSR count). The van der Waals surface area contributed by atoms with Crippen LogP contribution in [0, 0.1) is 12.8 Å². The van der Waals surface area contributed by atoms with Crippen molar-refractivity contribution in [2.45, 2.75) is 38.6 Å². The summed E-state index contributed by atoms with van der Waals surface area (Å²) < 4.78 is 0. The lowest BCUT2D eigenvalue weighted by Crippen LogP contribution is -2.45. The van der Waals surface area contributed by atoms with Gasteiger partial charge >= 0.3 is 0 Å². The van der Waals surface area contributed by atoms with Crippen LogP contribution in [-0.2, 0) is 0 Å². The van der Waals surface area contributed by atoms with E-state index in [0.29, 0.717) is 6.04 Å². The highest BCUT2D eigenvalue weighted by molar-refractivity contribution is 7.10. The van der Waals surface area contributed by atoms with Crippen LogP contribution in [0.1, 0.15) is 36.1 Å². The maximum absolute atomic E-state index is 5.98. The Balaban J connectivity index is 2.15. The minimum Gasteiger partial charge on any atom is -0.327 e. The average Bonchev–Trinajstić information content (AvgIpc) is 2.48. The SMILES string of the molecule is CCC1C(N)CC1c1sccc1C. The molecule has 1 heterocycles. The number of nitrogens with two attached hydrogens (primary N) is 1. The molecule has 0 aromatic carbocycles. The van der Waals surface area contributed by atoms with Crippen molar-refractivity contribution in [2.75, 3.05) is 0 Å². The number of hydrogen-bond acceptors (Lipinski definition) is 2. The maximum Gasteiger partial charge on any atom is 0.0109 e. The van der Waals surface area contributed by atoms with Crippen molar-refractivity contribution in [3.8, 4) is 0 Å². The second kappa shape index (κ2) is 3.43. The fourth-order valence-corrected chi connectivity index (χ4v) is 3.52. The summed E-state index contributed by atoms with van der Waals surface area (Å²) >= 11 is 1.90. The Labute approximate surface area is 84.0 Å². The van der Waals surface area contributed by atoms with Gasteiger partial charge in [-0.2, -0.15) is 0 Å². The molecule has 13 heavy (non-hydrogen) atoms. The van der Waals surface area contributed by atoms with Crippen molar-refractivity contribution in [3.05, 3.63) is 21.9 Å². The van der Waals surface area contributed by atoms with Gasteiger partial charge in [0.05, 0.1) is 0 Å². The van der Waals surface area contributed by atoms with E-state index in [2.05, 4.69) is 25.3 Å². The van der Waals surface area contributed by atoms with Crippen LogP contribution >= 0.6 is 11.3 Å². The van der Waals surface area contributed by atoms with Crippen molar-refractivity contribution in [3.63, 3.8) is 0 Å². The molecule has 72 valence electrons. The quantitative estimate of drug-likeness (QED) is 0.771. The van der Waals surface area contributed by atoms with Gasteiger partial charge in [-0.15, -0.1) is 11.3 Å². The molecule has 2 N–H and O–H groups in total. The highest BCUT2D eigenvalue weighted by Gasteiger charge is 2.39. The molecule has 1 aromatic rings. The first-order chi connectivity index (χ1) is 6.24. The Bertz CT molecular complexity index is 292. The molecule has 2 heteroatoms. The normalized spacial score (nSPS) is 33.0. The van der Waals surface area contributed by atoms with Crippen molar-refractivity contribution < 1.29 is 0 Å². The lowest BCUT2D eigenvalue weighted by atomic mass is 9.67. The largest absolute Gasteiger partial charge is 0.327 e. The second-order valence-corrected chi connectivity index (χ2v) is 4.99. The summed E-state index contributed by atoms with van der Waals surface area (Å²) in [4.78, 5) is 1.58. The van der Waals surface area contributed by atoms with E-state index in [1.807, 2.05) is 11.3 Å². The van der Waals surface area contributed by atoms with Crippen LogP contribution in [0.15, 0.2) is 11.4 Å². The lowest BCUT2D eigenvalue weighted by Gasteiger charge is -2.42. The van der Waals surface area contributed by atoms with E-state index < -0.39 is 0 Å². The van der Waals surface area contributed by atoms with E-state index in [-0.39, 0.29) is 0 Å². The number of hydrogen-bond donors (Lipinski definition) is 1. The van der Waals surface area contributed by atoms with Gasteiger partial charge in [0.15, 0.2) is 0 Å². The molecule has 1 saturated carbocycles. The summed E-state index contributed by atoms with van der Waals surface area (Å²) in [5, 5.41) is 2.20. The third-order valence-electron chi connectivity index (χ3n) is 3.30. The van der Waals surface area contributed by atoms with E-state index in [9.17, 15) is 0 Å². The second-order valence-electron chi connectivity index (χ2n) is 4.05. The van der Waals surface area contributed by atoms with Crippen molar-refractivity contribution >= 4 is 11.3 Å². The van der Waals surface area contributed by atoms with Crippen LogP contribution < -0.4 is 5.73 Å². The molecule has 0 bridgehead atoms. The first-order valence-corrected chi connectivity index (χ1v) is 5.91. The lowest BCUT2D eigenvalue weighted by molar-refractivity contribution is 0.201. The Kier molecular flexibility index (Phi) is 2.43. The summed E-state index contributed by atoms with van der Waals surface area (Å²) in [7, 11) is 0. The maximum atomic E-state index is 5.98. The van der Waals surface area contributed by atoms with E-state index in [1.165, 1.54) is 18.4 Å². The third-order valence-corrected chi connectivity index (χ3v) is 4.45. The molecule has 3 unspecified atom stereocenters. The Morgan fingerprint density at radius 2 is 2.38 bits per heavy atom. The molecule has 0 saturated heterocycles. The van der Waals surface area contributed by atoms with Gasteiger partial charge in [0, 0.05) is 10.9 Å². The molecule has 0 radical (unpaired) electrons. The Morgan fingerprint density at radius 1 is 1.62 bits per heavy atom. The topological polar surface area (TPSA) is 26.0 Å². The zero-order chi connectivity index (χ0) is 9.42. The third kappa shape index (κ3) is 1.42. The van der Waals surface area contributed by atoms with Gasteiger partial charge in [-0.1, -0.05) is 13.3 Å². The van der Waals surface area contributed by atoms with Crippen LogP contribution in [-0.4, -0.2) is 6.04 Å². The molecule has 1 fully saturated rings. The number of rotatable bonds is 2. The highest BCUT2D eigenvalue weighted by atomic mass is 32.1. The van der Waals surface area contributed by atoms with E-state index in [0.717, 1.165) is 11.8 Å².